The molecule has 98 valence electrons. The lowest BCUT2D eigenvalue weighted by molar-refractivity contribution is 0.851. The van der Waals surface area contributed by atoms with Gasteiger partial charge in [0.05, 0.1) is 5.69 Å². The molecule has 0 saturated heterocycles. The molecule has 1 heterocycles. The van der Waals surface area contributed by atoms with Crippen LogP contribution < -0.4 is 10.6 Å². The predicted octanol–water partition coefficient (Wildman–Crippen LogP) is 2.09. The molecule has 19 heavy (non-hydrogen) atoms. The van der Waals surface area contributed by atoms with Crippen LogP contribution in [-0.2, 0) is 0 Å². The number of aryl methyl sites for hydroxylation is 1. The molecule has 2 N–H and O–H groups in total. The van der Waals surface area contributed by atoms with Crippen LogP contribution in [0, 0.1) is 18.3 Å². The summed E-state index contributed by atoms with van der Waals surface area (Å²) in [5.41, 5.74) is 8.45. The maximum absolute atomic E-state index is 9.25. The first-order valence-electron chi connectivity index (χ1n) is 6.15. The highest BCUT2D eigenvalue weighted by molar-refractivity contribution is 5.66. The minimum Gasteiger partial charge on any atom is -0.382 e. The third kappa shape index (κ3) is 2.25. The quantitative estimate of drug-likeness (QED) is 0.911. The van der Waals surface area contributed by atoms with E-state index in [4.69, 9.17) is 5.73 Å². The van der Waals surface area contributed by atoms with E-state index in [1.54, 1.807) is 4.68 Å². The maximum atomic E-state index is 9.25. The minimum absolute atomic E-state index is 0.378. The molecular formula is C14H17N5. The highest BCUT2D eigenvalue weighted by Crippen LogP contribution is 2.26. The first-order chi connectivity index (χ1) is 9.08. The van der Waals surface area contributed by atoms with E-state index in [0.29, 0.717) is 17.2 Å². The first kappa shape index (κ1) is 13.0. The smallest absolute Gasteiger partial charge is 0.171 e. The molecule has 0 aliphatic carbocycles. The number of benzene rings is 1. The molecule has 0 fully saturated rings. The van der Waals surface area contributed by atoms with Gasteiger partial charge in [-0.15, -0.1) is 5.10 Å². The molecule has 1 aromatic carbocycles. The average Bonchev–Trinajstić information content (AvgIpc) is 2.74. The van der Waals surface area contributed by atoms with E-state index in [9.17, 15) is 5.26 Å². The molecule has 0 bridgehead atoms. The Bertz CT molecular complexity index is 636. The van der Waals surface area contributed by atoms with Gasteiger partial charge in [0.15, 0.2) is 5.82 Å². The van der Waals surface area contributed by atoms with Crippen LogP contribution in [0.3, 0.4) is 0 Å². The van der Waals surface area contributed by atoms with Gasteiger partial charge >= 0.3 is 0 Å². The zero-order valence-corrected chi connectivity index (χ0v) is 11.4. The molecule has 0 atom stereocenters. The molecular weight excluding hydrogens is 238 g/mol. The highest BCUT2D eigenvalue weighted by atomic mass is 15.4. The third-order valence-corrected chi connectivity index (χ3v) is 3.10. The Morgan fingerprint density at radius 3 is 2.79 bits per heavy atom. The van der Waals surface area contributed by atoms with Crippen molar-refractivity contribution in [2.75, 3.05) is 24.2 Å². The van der Waals surface area contributed by atoms with E-state index in [1.165, 1.54) is 0 Å². The monoisotopic (exact) mass is 255 g/mol. The van der Waals surface area contributed by atoms with Crippen LogP contribution in [0.1, 0.15) is 18.1 Å². The van der Waals surface area contributed by atoms with Crippen molar-refractivity contribution in [1.82, 2.24) is 9.78 Å². The van der Waals surface area contributed by atoms with Crippen LogP contribution in [-0.4, -0.2) is 23.4 Å². The van der Waals surface area contributed by atoms with Crippen LogP contribution in [0.25, 0.3) is 5.69 Å². The Balaban J connectivity index is 2.60. The van der Waals surface area contributed by atoms with Gasteiger partial charge < -0.3 is 10.6 Å². The lowest BCUT2D eigenvalue weighted by atomic mass is 10.2. The second-order valence-corrected chi connectivity index (χ2v) is 4.46. The number of nitrogen functional groups attached to an aromatic ring is 1. The van der Waals surface area contributed by atoms with Crippen molar-refractivity contribution in [3.63, 3.8) is 0 Å². The fourth-order valence-corrected chi connectivity index (χ4v) is 1.90. The summed E-state index contributed by atoms with van der Waals surface area (Å²) >= 11 is 0. The number of hydrogen-bond donors (Lipinski definition) is 1. The Kier molecular flexibility index (Phi) is 3.43. The lowest BCUT2D eigenvalue weighted by Crippen LogP contribution is -2.17. The molecule has 5 nitrogen and oxygen atoms in total. The van der Waals surface area contributed by atoms with Crippen molar-refractivity contribution in [2.24, 2.45) is 0 Å². The van der Waals surface area contributed by atoms with Gasteiger partial charge in [-0.2, -0.15) is 5.26 Å². The first-order valence-corrected chi connectivity index (χ1v) is 6.15. The van der Waals surface area contributed by atoms with Gasteiger partial charge in [0.2, 0.25) is 0 Å². The molecule has 5 heteroatoms. The molecule has 0 spiro atoms. The second kappa shape index (κ2) is 5.02. The standard InChI is InChI=1S/C14H17N5/c1-4-18(3)14-12(9-15)13(16)19(17-14)11-7-5-6-10(2)8-11/h5-8H,4,16H2,1-3H3. The Morgan fingerprint density at radius 1 is 1.47 bits per heavy atom. The van der Waals surface area contributed by atoms with Gasteiger partial charge in [-0.05, 0) is 31.5 Å². The average molecular weight is 255 g/mol. The molecule has 0 unspecified atom stereocenters. The van der Waals surface area contributed by atoms with E-state index in [1.807, 2.05) is 50.1 Å². The second-order valence-electron chi connectivity index (χ2n) is 4.46. The zero-order valence-electron chi connectivity index (χ0n) is 11.4. The number of nitrogens with two attached hydrogens (primary N) is 1. The van der Waals surface area contributed by atoms with E-state index in [2.05, 4.69) is 11.2 Å². The van der Waals surface area contributed by atoms with Gasteiger partial charge in [-0.3, -0.25) is 0 Å². The lowest BCUT2D eigenvalue weighted by Gasteiger charge is -2.12. The van der Waals surface area contributed by atoms with E-state index >= 15 is 0 Å². The van der Waals surface area contributed by atoms with Crippen LogP contribution in [0.5, 0.6) is 0 Å². The summed E-state index contributed by atoms with van der Waals surface area (Å²) in [6, 6.07) is 10.00. The summed E-state index contributed by atoms with van der Waals surface area (Å²) in [7, 11) is 1.89. The number of nitriles is 1. The SMILES string of the molecule is CCN(C)c1nn(-c2cccc(C)c2)c(N)c1C#N. The summed E-state index contributed by atoms with van der Waals surface area (Å²) in [6.07, 6.45) is 0. The van der Waals surface area contributed by atoms with Gasteiger partial charge in [0, 0.05) is 13.6 Å². The minimum atomic E-state index is 0.378. The molecule has 0 aliphatic rings. The molecule has 1 aromatic heterocycles. The largest absolute Gasteiger partial charge is 0.382 e. The van der Waals surface area contributed by atoms with Crippen molar-refractivity contribution in [3.05, 3.63) is 35.4 Å². The molecule has 2 rings (SSSR count). The number of hydrogen-bond acceptors (Lipinski definition) is 4. The molecule has 2 aromatic rings. The Morgan fingerprint density at radius 2 is 2.21 bits per heavy atom. The van der Waals surface area contributed by atoms with E-state index in [-0.39, 0.29) is 0 Å². The normalized spacial score (nSPS) is 10.2. The van der Waals surface area contributed by atoms with E-state index in [0.717, 1.165) is 17.8 Å². The van der Waals surface area contributed by atoms with Gasteiger partial charge in [-0.1, -0.05) is 12.1 Å². The van der Waals surface area contributed by atoms with Crippen molar-refractivity contribution < 1.29 is 0 Å². The van der Waals surface area contributed by atoms with Crippen molar-refractivity contribution in [1.29, 1.82) is 5.26 Å². The zero-order chi connectivity index (χ0) is 14.0. The predicted molar refractivity (Wildman–Crippen MR) is 76.4 cm³/mol. The van der Waals surface area contributed by atoms with Gasteiger partial charge in [0.1, 0.15) is 17.5 Å². The van der Waals surface area contributed by atoms with Crippen LogP contribution in [0.4, 0.5) is 11.6 Å². The Hall–Kier alpha value is -2.48. The summed E-state index contributed by atoms with van der Waals surface area (Å²) < 4.78 is 1.62. The molecule has 0 saturated carbocycles. The van der Waals surface area contributed by atoms with Crippen molar-refractivity contribution in [2.45, 2.75) is 13.8 Å². The molecule has 0 radical (unpaired) electrons. The maximum Gasteiger partial charge on any atom is 0.171 e. The van der Waals surface area contributed by atoms with Crippen molar-refractivity contribution >= 4 is 11.6 Å². The third-order valence-electron chi connectivity index (χ3n) is 3.10. The summed E-state index contributed by atoms with van der Waals surface area (Å²) in [6.45, 7) is 4.77. The summed E-state index contributed by atoms with van der Waals surface area (Å²) in [4.78, 5) is 1.90. The van der Waals surface area contributed by atoms with Crippen LogP contribution >= 0.6 is 0 Å². The number of aromatic nitrogens is 2. The highest BCUT2D eigenvalue weighted by Gasteiger charge is 2.18. The Labute approximate surface area is 112 Å². The summed E-state index contributed by atoms with van der Waals surface area (Å²) in [5, 5.41) is 13.7. The van der Waals surface area contributed by atoms with Crippen molar-refractivity contribution in [3.8, 4) is 11.8 Å². The van der Waals surface area contributed by atoms with Crippen LogP contribution in [0.2, 0.25) is 0 Å². The fraction of sp³-hybridized carbons (Fsp3) is 0.286. The molecule has 0 aliphatic heterocycles. The number of rotatable bonds is 3. The van der Waals surface area contributed by atoms with E-state index < -0.39 is 0 Å². The van der Waals surface area contributed by atoms with Crippen LogP contribution in [0.15, 0.2) is 24.3 Å². The van der Waals surface area contributed by atoms with Gasteiger partial charge in [-0.25, -0.2) is 4.68 Å². The fourth-order valence-electron chi connectivity index (χ4n) is 1.90. The molecule has 0 amide bonds. The number of anilines is 2. The number of nitrogens with zero attached hydrogens (tertiary/aromatic N) is 4. The topological polar surface area (TPSA) is 70.9 Å². The summed E-state index contributed by atoms with van der Waals surface area (Å²) in [5.74, 6) is 0.993. The van der Waals surface area contributed by atoms with Gasteiger partial charge in [0.25, 0.3) is 0 Å².